The van der Waals surface area contributed by atoms with Gasteiger partial charge in [-0.1, -0.05) is 6.07 Å². The Labute approximate surface area is 180 Å². The molecule has 0 aliphatic heterocycles. The van der Waals surface area contributed by atoms with E-state index >= 15 is 0 Å². The van der Waals surface area contributed by atoms with Crippen LogP contribution < -0.4 is 11.1 Å². The van der Waals surface area contributed by atoms with E-state index in [1.165, 1.54) is 0 Å². The minimum Gasteiger partial charge on any atom is -0.352 e. The van der Waals surface area contributed by atoms with E-state index in [0.29, 0.717) is 22.9 Å². The second kappa shape index (κ2) is 9.02. The van der Waals surface area contributed by atoms with Crippen LogP contribution in [0.5, 0.6) is 0 Å². The van der Waals surface area contributed by atoms with E-state index in [1.807, 2.05) is 12.1 Å². The zero-order chi connectivity index (χ0) is 22.6. The summed E-state index contributed by atoms with van der Waals surface area (Å²) in [6, 6.07) is 10.8. The predicted molar refractivity (Wildman–Crippen MR) is 111 cm³/mol. The molecule has 162 valence electrons. The molecule has 0 bridgehead atoms. The summed E-state index contributed by atoms with van der Waals surface area (Å²) in [4.78, 5) is 24.8. The summed E-state index contributed by atoms with van der Waals surface area (Å²) in [5.41, 5.74) is 7.63. The van der Waals surface area contributed by atoms with Gasteiger partial charge in [-0.25, -0.2) is 19.9 Å². The molecular weight excluding hydrogens is 421 g/mol. The molecule has 4 heterocycles. The first-order chi connectivity index (χ1) is 15.4. The van der Waals surface area contributed by atoms with Gasteiger partial charge in [-0.2, -0.15) is 13.2 Å². The first-order valence-corrected chi connectivity index (χ1v) is 9.50. The number of nitrogens with zero attached hydrogens (tertiary/aromatic N) is 6. The number of pyridine rings is 2. The minimum absolute atomic E-state index is 0.0481. The van der Waals surface area contributed by atoms with E-state index in [9.17, 15) is 13.2 Å². The highest BCUT2D eigenvalue weighted by atomic mass is 19.4. The standard InChI is InChI=1S/C21H17F3N8/c22-21(23,24)18-6-9-28-20(32-18)29-12-14(25)17-10-16(13-4-3-7-26-11-13)30-19(31-17)15-5-1-2-8-27-15/h1-11,14H,12,25H2,(H,28,29,32). The van der Waals surface area contributed by atoms with Crippen LogP contribution in [0.1, 0.15) is 17.4 Å². The maximum absolute atomic E-state index is 12.9. The molecule has 1 atom stereocenters. The fourth-order valence-electron chi connectivity index (χ4n) is 2.84. The number of nitrogens with one attached hydrogen (secondary N) is 1. The number of anilines is 1. The van der Waals surface area contributed by atoms with Crippen molar-refractivity contribution in [2.45, 2.75) is 12.2 Å². The maximum atomic E-state index is 12.9. The smallest absolute Gasteiger partial charge is 0.352 e. The molecule has 0 aliphatic carbocycles. The number of alkyl halides is 3. The summed E-state index contributed by atoms with van der Waals surface area (Å²) in [6.45, 7) is 0.0481. The highest BCUT2D eigenvalue weighted by molar-refractivity contribution is 5.62. The zero-order valence-corrected chi connectivity index (χ0v) is 16.5. The van der Waals surface area contributed by atoms with Gasteiger partial charge in [0.2, 0.25) is 5.95 Å². The van der Waals surface area contributed by atoms with Gasteiger partial charge in [0, 0.05) is 36.9 Å². The van der Waals surface area contributed by atoms with E-state index in [1.54, 1.807) is 42.9 Å². The normalized spacial score (nSPS) is 12.4. The monoisotopic (exact) mass is 438 g/mol. The van der Waals surface area contributed by atoms with Crippen molar-refractivity contribution in [3.63, 3.8) is 0 Å². The average molecular weight is 438 g/mol. The SMILES string of the molecule is NC(CNc1nccc(C(F)(F)F)n1)c1cc(-c2cccnc2)nc(-c2ccccn2)n1. The molecule has 0 spiro atoms. The average Bonchev–Trinajstić information content (AvgIpc) is 2.83. The van der Waals surface area contributed by atoms with Crippen molar-refractivity contribution in [2.75, 3.05) is 11.9 Å². The van der Waals surface area contributed by atoms with Crippen LogP contribution in [0.4, 0.5) is 19.1 Å². The zero-order valence-electron chi connectivity index (χ0n) is 16.5. The molecule has 1 unspecified atom stereocenters. The number of aromatic nitrogens is 6. The van der Waals surface area contributed by atoms with Gasteiger partial charge in [-0.15, -0.1) is 0 Å². The lowest BCUT2D eigenvalue weighted by Crippen LogP contribution is -2.23. The fraction of sp³-hybridized carbons (Fsp3) is 0.143. The summed E-state index contributed by atoms with van der Waals surface area (Å²) >= 11 is 0. The van der Waals surface area contributed by atoms with Crippen LogP contribution in [0.15, 0.2) is 67.3 Å². The molecule has 8 nitrogen and oxygen atoms in total. The number of rotatable bonds is 6. The van der Waals surface area contributed by atoms with Gasteiger partial charge < -0.3 is 11.1 Å². The Kier molecular flexibility index (Phi) is 5.99. The molecule has 0 radical (unpaired) electrons. The Morgan fingerprint density at radius 2 is 1.78 bits per heavy atom. The largest absolute Gasteiger partial charge is 0.433 e. The van der Waals surface area contributed by atoms with Crippen molar-refractivity contribution in [1.82, 2.24) is 29.9 Å². The molecular formula is C21H17F3N8. The van der Waals surface area contributed by atoms with Crippen LogP contribution in [-0.2, 0) is 6.18 Å². The summed E-state index contributed by atoms with van der Waals surface area (Å²) in [5, 5.41) is 2.74. The predicted octanol–water partition coefficient (Wildman–Crippen LogP) is 3.52. The third kappa shape index (κ3) is 5.01. The quantitative estimate of drug-likeness (QED) is 0.470. The van der Waals surface area contributed by atoms with Crippen molar-refractivity contribution in [3.05, 3.63) is 78.6 Å². The van der Waals surface area contributed by atoms with Crippen LogP contribution in [0, 0.1) is 0 Å². The Bertz CT molecular complexity index is 1130. The second-order valence-electron chi connectivity index (χ2n) is 6.71. The van der Waals surface area contributed by atoms with Crippen LogP contribution in [0.3, 0.4) is 0 Å². The first kappa shape index (κ1) is 21.2. The van der Waals surface area contributed by atoms with Gasteiger partial charge >= 0.3 is 6.18 Å². The number of nitrogens with two attached hydrogens (primary N) is 1. The van der Waals surface area contributed by atoms with Crippen molar-refractivity contribution in [3.8, 4) is 22.8 Å². The van der Waals surface area contributed by atoms with Crippen LogP contribution in [-0.4, -0.2) is 36.4 Å². The minimum atomic E-state index is -4.57. The summed E-state index contributed by atoms with van der Waals surface area (Å²) in [5.74, 6) is 0.189. The van der Waals surface area contributed by atoms with Gasteiger partial charge in [-0.05, 0) is 36.4 Å². The van der Waals surface area contributed by atoms with Crippen molar-refractivity contribution >= 4 is 5.95 Å². The van der Waals surface area contributed by atoms with E-state index in [-0.39, 0.29) is 12.5 Å². The van der Waals surface area contributed by atoms with Crippen LogP contribution in [0.25, 0.3) is 22.8 Å². The lowest BCUT2D eigenvalue weighted by Gasteiger charge is -2.15. The van der Waals surface area contributed by atoms with Gasteiger partial charge in [0.15, 0.2) is 5.82 Å². The first-order valence-electron chi connectivity index (χ1n) is 9.50. The molecule has 4 rings (SSSR count). The Morgan fingerprint density at radius 1 is 0.906 bits per heavy atom. The fourth-order valence-corrected chi connectivity index (χ4v) is 2.84. The topological polar surface area (TPSA) is 115 Å². The van der Waals surface area contributed by atoms with Crippen molar-refractivity contribution in [1.29, 1.82) is 0 Å². The molecule has 3 N–H and O–H groups in total. The molecule has 11 heteroatoms. The third-order valence-electron chi connectivity index (χ3n) is 4.40. The van der Waals surface area contributed by atoms with E-state index in [2.05, 4.69) is 35.2 Å². The molecule has 0 aromatic carbocycles. The van der Waals surface area contributed by atoms with Crippen molar-refractivity contribution < 1.29 is 13.2 Å². The van der Waals surface area contributed by atoms with Gasteiger partial charge in [0.25, 0.3) is 0 Å². The third-order valence-corrected chi connectivity index (χ3v) is 4.40. The molecule has 4 aromatic heterocycles. The Morgan fingerprint density at radius 3 is 2.50 bits per heavy atom. The van der Waals surface area contributed by atoms with E-state index < -0.39 is 17.9 Å². The highest BCUT2D eigenvalue weighted by Gasteiger charge is 2.32. The number of hydrogen-bond acceptors (Lipinski definition) is 8. The summed E-state index contributed by atoms with van der Waals surface area (Å²) in [7, 11) is 0. The molecule has 0 fully saturated rings. The number of hydrogen-bond donors (Lipinski definition) is 2. The van der Waals surface area contributed by atoms with Gasteiger partial charge in [-0.3, -0.25) is 9.97 Å². The molecule has 0 saturated heterocycles. The molecule has 32 heavy (non-hydrogen) atoms. The van der Waals surface area contributed by atoms with Gasteiger partial charge in [0.05, 0.1) is 17.4 Å². The molecule has 0 amide bonds. The lowest BCUT2D eigenvalue weighted by atomic mass is 10.1. The maximum Gasteiger partial charge on any atom is 0.433 e. The summed E-state index contributed by atoms with van der Waals surface area (Å²) in [6.07, 6.45) is 1.41. The Balaban J connectivity index is 1.62. The van der Waals surface area contributed by atoms with Gasteiger partial charge in [0.1, 0.15) is 11.4 Å². The Hall–Kier alpha value is -3.99. The number of halogens is 3. The molecule has 4 aromatic rings. The lowest BCUT2D eigenvalue weighted by molar-refractivity contribution is -0.141. The van der Waals surface area contributed by atoms with E-state index in [0.717, 1.165) is 17.8 Å². The summed E-state index contributed by atoms with van der Waals surface area (Å²) < 4.78 is 38.6. The second-order valence-corrected chi connectivity index (χ2v) is 6.71. The van der Waals surface area contributed by atoms with Crippen LogP contribution in [0.2, 0.25) is 0 Å². The molecule has 0 saturated carbocycles. The van der Waals surface area contributed by atoms with E-state index in [4.69, 9.17) is 5.73 Å². The van der Waals surface area contributed by atoms with Crippen molar-refractivity contribution in [2.24, 2.45) is 5.73 Å². The molecule has 0 aliphatic rings. The van der Waals surface area contributed by atoms with Crippen LogP contribution >= 0.6 is 0 Å². The highest BCUT2D eigenvalue weighted by Crippen LogP contribution is 2.28.